The van der Waals surface area contributed by atoms with Crippen LogP contribution in [0.2, 0.25) is 0 Å². The van der Waals surface area contributed by atoms with Crippen molar-refractivity contribution in [1.82, 2.24) is 8.85 Å². The van der Waals surface area contributed by atoms with Gasteiger partial charge in [-0.2, -0.15) is 0 Å². The molecule has 1 amide bonds. The molecule has 1 rings (SSSR count). The molecule has 0 aromatic rings. The molecule has 0 aromatic carbocycles. The lowest BCUT2D eigenvalue weighted by molar-refractivity contribution is 0.253. The van der Waals surface area contributed by atoms with E-state index in [1.54, 1.807) is 22.6 Å². The molecule has 0 aromatic heterocycles. The number of amides is 1. The van der Waals surface area contributed by atoms with E-state index in [-0.39, 0.29) is 3.91 Å². The van der Waals surface area contributed by atoms with Crippen LogP contribution >= 0.6 is 45.5 Å². The maximum absolute atomic E-state index is 10.7. The van der Waals surface area contributed by atoms with Gasteiger partial charge in [-0.05, 0) is 25.7 Å². The smallest absolute Gasteiger partial charge is 0.280 e. The van der Waals surface area contributed by atoms with Crippen LogP contribution in [0.15, 0.2) is 0 Å². The number of halogens is 2. The lowest BCUT2D eigenvalue weighted by Crippen LogP contribution is -2.38. The van der Waals surface area contributed by atoms with Gasteiger partial charge in [-0.3, -0.25) is 8.32 Å². The first kappa shape index (κ1) is 11.0. The van der Waals surface area contributed by atoms with Gasteiger partial charge in [0.05, 0.1) is 0 Å². The third kappa shape index (κ3) is 3.73. The molecule has 5 heteroatoms. The van der Waals surface area contributed by atoms with Crippen LogP contribution in [-0.2, 0) is 0 Å². The van der Waals surface area contributed by atoms with Crippen molar-refractivity contribution in [3.05, 3.63) is 0 Å². The van der Waals surface area contributed by atoms with Gasteiger partial charge >= 0.3 is 0 Å². The summed E-state index contributed by atoms with van der Waals surface area (Å²) in [7, 11) is 0. The van der Waals surface area contributed by atoms with Crippen molar-refractivity contribution in [2.45, 2.75) is 37.8 Å². The topological polar surface area (TPSA) is 41.1 Å². The summed E-state index contributed by atoms with van der Waals surface area (Å²) in [6.07, 6.45) is 4.56. The zero-order chi connectivity index (χ0) is 8.97. The molecule has 0 bridgehead atoms. The Labute approximate surface area is 100 Å². The third-order valence-corrected chi connectivity index (χ3v) is 3.39. The number of carbonyl (C=O) groups excluding carboxylic acids is 1. The Morgan fingerprint density at radius 3 is 2.08 bits per heavy atom. The summed E-state index contributed by atoms with van der Waals surface area (Å²) in [5, 5.41) is 2.94. The summed E-state index contributed by atoms with van der Waals surface area (Å²) in [6.45, 7) is 0. The summed E-state index contributed by atoms with van der Waals surface area (Å²) in [5.41, 5.74) is 0. The van der Waals surface area contributed by atoms with E-state index < -0.39 is 0 Å². The van der Waals surface area contributed by atoms with E-state index in [4.69, 9.17) is 0 Å². The van der Waals surface area contributed by atoms with Crippen molar-refractivity contribution in [2.24, 2.45) is 0 Å². The third-order valence-electron chi connectivity index (χ3n) is 2.20. The van der Waals surface area contributed by atoms with Crippen LogP contribution in [0, 0.1) is 0 Å². The molecule has 0 unspecified atom stereocenters. The second-order valence-corrected chi connectivity index (χ2v) is 4.68. The Morgan fingerprint density at radius 1 is 1.17 bits per heavy atom. The molecule has 0 aliphatic heterocycles. The molecule has 1 fully saturated rings. The molecule has 1 aliphatic carbocycles. The fourth-order valence-corrected chi connectivity index (χ4v) is 2.57. The Morgan fingerprint density at radius 2 is 1.67 bits per heavy atom. The van der Waals surface area contributed by atoms with Crippen molar-refractivity contribution >= 4 is 49.4 Å². The van der Waals surface area contributed by atoms with Crippen molar-refractivity contribution in [2.75, 3.05) is 0 Å². The van der Waals surface area contributed by atoms with E-state index in [1.165, 1.54) is 12.8 Å². The fourth-order valence-electron chi connectivity index (χ4n) is 1.51. The number of rotatable bonds is 2. The highest BCUT2D eigenvalue weighted by Crippen LogP contribution is 2.19. The van der Waals surface area contributed by atoms with Crippen LogP contribution in [0.1, 0.15) is 25.7 Å². The number of carbonyl (C=O) groups is 1. The minimum absolute atomic E-state index is 0.0680. The monoisotopic (exact) mass is 394 g/mol. The average Bonchev–Trinajstić information content (AvgIpc) is 2.05. The van der Waals surface area contributed by atoms with Crippen molar-refractivity contribution < 1.29 is 4.79 Å². The predicted octanol–water partition coefficient (Wildman–Crippen LogP) is 2.38. The molecule has 1 saturated carbocycles. The summed E-state index contributed by atoms with van der Waals surface area (Å²) < 4.78 is 3.30. The van der Waals surface area contributed by atoms with Crippen molar-refractivity contribution in [3.63, 3.8) is 0 Å². The molecular formula is C7H12I2N2O. The summed E-state index contributed by atoms with van der Waals surface area (Å²) in [6, 6.07) is 1.06. The standard InChI is InChI=1S/C7H12I2N2O/c8-7(12)10-5-1-3-6(11-9)4-2-5/h5-6,11H,1-4H2,(H,10,12). The van der Waals surface area contributed by atoms with Gasteiger partial charge in [0.2, 0.25) is 0 Å². The first-order valence-electron chi connectivity index (χ1n) is 4.04. The van der Waals surface area contributed by atoms with Gasteiger partial charge in [0, 0.05) is 57.5 Å². The zero-order valence-electron chi connectivity index (χ0n) is 6.65. The van der Waals surface area contributed by atoms with Crippen LogP contribution in [-0.4, -0.2) is 16.0 Å². The van der Waals surface area contributed by atoms with E-state index >= 15 is 0 Å². The lowest BCUT2D eigenvalue weighted by atomic mass is 9.92. The van der Waals surface area contributed by atoms with Gasteiger partial charge in [0.25, 0.3) is 3.91 Å². The highest BCUT2D eigenvalue weighted by Gasteiger charge is 2.20. The van der Waals surface area contributed by atoms with Gasteiger partial charge in [-0.1, -0.05) is 0 Å². The summed E-state index contributed by atoms with van der Waals surface area (Å²) >= 11 is 3.99. The normalized spacial score (nSPS) is 29.8. The molecular weight excluding hydrogens is 382 g/mol. The zero-order valence-corrected chi connectivity index (χ0v) is 11.0. The van der Waals surface area contributed by atoms with Gasteiger partial charge in [-0.15, -0.1) is 0 Å². The molecule has 0 spiro atoms. The first-order chi connectivity index (χ1) is 5.72. The van der Waals surface area contributed by atoms with E-state index in [2.05, 4.69) is 31.7 Å². The molecule has 0 heterocycles. The minimum atomic E-state index is 0.0680. The Hall–Kier alpha value is 0.890. The second kappa shape index (κ2) is 5.58. The number of hydrogen-bond acceptors (Lipinski definition) is 2. The molecule has 0 saturated heterocycles. The average molecular weight is 394 g/mol. The largest absolute Gasteiger partial charge is 0.345 e. The quantitative estimate of drug-likeness (QED) is 0.327. The fraction of sp³-hybridized carbons (Fsp3) is 0.857. The summed E-state index contributed by atoms with van der Waals surface area (Å²) in [5.74, 6) is 0. The van der Waals surface area contributed by atoms with E-state index in [1.807, 2.05) is 0 Å². The van der Waals surface area contributed by atoms with Gasteiger partial charge in [0.15, 0.2) is 0 Å². The second-order valence-electron chi connectivity index (χ2n) is 3.08. The maximum atomic E-state index is 10.7. The molecule has 3 nitrogen and oxygen atoms in total. The van der Waals surface area contributed by atoms with Crippen molar-refractivity contribution in [1.29, 1.82) is 0 Å². The number of nitrogens with one attached hydrogen (secondary N) is 2. The van der Waals surface area contributed by atoms with Crippen LogP contribution < -0.4 is 8.85 Å². The molecule has 0 atom stereocenters. The SMILES string of the molecule is O=C(I)NC1CCC(NI)CC1. The molecule has 12 heavy (non-hydrogen) atoms. The predicted molar refractivity (Wildman–Crippen MR) is 65.8 cm³/mol. The Bertz CT molecular complexity index is 157. The van der Waals surface area contributed by atoms with Crippen LogP contribution in [0.3, 0.4) is 0 Å². The van der Waals surface area contributed by atoms with Crippen LogP contribution in [0.4, 0.5) is 4.79 Å². The van der Waals surface area contributed by atoms with Gasteiger partial charge < -0.3 is 5.32 Å². The Balaban J connectivity index is 2.21. The lowest BCUT2D eigenvalue weighted by Gasteiger charge is -2.27. The maximum Gasteiger partial charge on any atom is 0.280 e. The Kier molecular flexibility index (Phi) is 5.10. The highest BCUT2D eigenvalue weighted by molar-refractivity contribution is 14.1. The van der Waals surface area contributed by atoms with Crippen LogP contribution in [0.25, 0.3) is 0 Å². The van der Waals surface area contributed by atoms with E-state index in [9.17, 15) is 4.79 Å². The van der Waals surface area contributed by atoms with E-state index in [0.717, 1.165) is 12.8 Å². The van der Waals surface area contributed by atoms with Crippen molar-refractivity contribution in [3.8, 4) is 0 Å². The van der Waals surface area contributed by atoms with Gasteiger partial charge in [-0.25, -0.2) is 0 Å². The first-order valence-corrected chi connectivity index (χ1v) is 6.20. The molecule has 1 aliphatic rings. The van der Waals surface area contributed by atoms with Crippen LogP contribution in [0.5, 0.6) is 0 Å². The highest BCUT2D eigenvalue weighted by atomic mass is 127. The molecule has 70 valence electrons. The van der Waals surface area contributed by atoms with Gasteiger partial charge in [0.1, 0.15) is 0 Å². The minimum Gasteiger partial charge on any atom is -0.345 e. The van der Waals surface area contributed by atoms with E-state index in [0.29, 0.717) is 12.1 Å². The summed E-state index contributed by atoms with van der Waals surface area (Å²) in [4.78, 5) is 10.7. The number of hydrogen-bond donors (Lipinski definition) is 2. The molecule has 0 radical (unpaired) electrons. The molecule has 2 N–H and O–H groups in total.